The number of carbonyl (C=O) groups excluding carboxylic acids is 2. The van der Waals surface area contributed by atoms with Gasteiger partial charge in [-0.25, -0.2) is 9.59 Å². The van der Waals surface area contributed by atoms with Crippen LogP contribution in [0, 0.1) is 0 Å². The molecule has 0 bridgehead atoms. The van der Waals surface area contributed by atoms with E-state index in [4.69, 9.17) is 28.5 Å². The molecule has 0 saturated carbocycles. The van der Waals surface area contributed by atoms with Crippen molar-refractivity contribution in [1.82, 2.24) is 20.5 Å². The predicted octanol–water partition coefficient (Wildman–Crippen LogP) is 4.09. The standard InChI is InChI=1S/C30H34N4O8/c1-30(2,3)42-29(36)31-25(28(35)39-18-21-12-15-23(37-4)17-27(21)38-5)16-20-10-13-22(14-11-20)40-19-41-34-26-9-7-6-8-24(26)32-33-34/h6-15,17,25H,16,18-19H2,1-5H3,(H,31,36). The van der Waals surface area contributed by atoms with E-state index in [1.54, 1.807) is 70.3 Å². The van der Waals surface area contributed by atoms with E-state index in [2.05, 4.69) is 15.6 Å². The zero-order valence-electron chi connectivity index (χ0n) is 24.2. The summed E-state index contributed by atoms with van der Waals surface area (Å²) in [6, 6.07) is 18.6. The molecule has 0 aliphatic heterocycles. The van der Waals surface area contributed by atoms with E-state index in [9.17, 15) is 9.59 Å². The number of nitrogens with zero attached hydrogens (tertiary/aromatic N) is 3. The van der Waals surface area contributed by atoms with Gasteiger partial charge >= 0.3 is 12.1 Å². The van der Waals surface area contributed by atoms with Gasteiger partial charge in [0.2, 0.25) is 0 Å². The smallest absolute Gasteiger partial charge is 0.408 e. The van der Waals surface area contributed by atoms with E-state index < -0.39 is 23.7 Å². The zero-order valence-corrected chi connectivity index (χ0v) is 24.2. The molecule has 12 heteroatoms. The quantitative estimate of drug-likeness (QED) is 0.194. The number of carbonyl (C=O) groups is 2. The molecule has 4 aromatic rings. The van der Waals surface area contributed by atoms with Gasteiger partial charge in [0.1, 0.15) is 46.5 Å². The molecular weight excluding hydrogens is 544 g/mol. The highest BCUT2D eigenvalue weighted by Crippen LogP contribution is 2.25. The van der Waals surface area contributed by atoms with Crippen LogP contribution >= 0.6 is 0 Å². The number of amides is 1. The summed E-state index contributed by atoms with van der Waals surface area (Å²) < 4.78 is 27.2. The molecule has 222 valence electrons. The summed E-state index contributed by atoms with van der Waals surface area (Å²) in [6.45, 7) is 5.06. The number of ether oxygens (including phenoxy) is 5. The van der Waals surface area contributed by atoms with Gasteiger partial charge in [-0.05, 0) is 67.9 Å². The van der Waals surface area contributed by atoms with Crippen LogP contribution in [0.25, 0.3) is 11.0 Å². The Labute approximate surface area is 243 Å². The van der Waals surface area contributed by atoms with Crippen LogP contribution in [0.3, 0.4) is 0 Å². The monoisotopic (exact) mass is 578 g/mol. The molecule has 0 fully saturated rings. The fourth-order valence-corrected chi connectivity index (χ4v) is 3.91. The predicted molar refractivity (Wildman–Crippen MR) is 152 cm³/mol. The number of esters is 1. The number of rotatable bonds is 12. The van der Waals surface area contributed by atoms with Gasteiger partial charge in [-0.3, -0.25) is 0 Å². The van der Waals surface area contributed by atoms with Crippen molar-refractivity contribution in [1.29, 1.82) is 0 Å². The first-order valence-electron chi connectivity index (χ1n) is 13.2. The summed E-state index contributed by atoms with van der Waals surface area (Å²) >= 11 is 0. The zero-order chi connectivity index (χ0) is 30.1. The van der Waals surface area contributed by atoms with E-state index in [1.807, 2.05) is 24.3 Å². The average molecular weight is 579 g/mol. The molecule has 1 unspecified atom stereocenters. The SMILES string of the molecule is COc1ccc(COC(=O)C(Cc2ccc(OCOn3nnc4ccccc43)cc2)NC(=O)OC(C)(C)C)c(OC)c1. The van der Waals surface area contributed by atoms with Crippen molar-refractivity contribution in [2.45, 2.75) is 45.4 Å². The number of fused-ring (bicyclic) bond motifs is 1. The van der Waals surface area contributed by atoms with Crippen LogP contribution in [0.5, 0.6) is 17.2 Å². The van der Waals surface area contributed by atoms with Gasteiger partial charge in [-0.2, -0.15) is 0 Å². The number of methoxy groups -OCH3 is 2. The molecule has 1 N–H and O–H groups in total. The van der Waals surface area contributed by atoms with Crippen molar-refractivity contribution in [3.63, 3.8) is 0 Å². The number of nitrogens with one attached hydrogen (secondary N) is 1. The van der Waals surface area contributed by atoms with E-state index >= 15 is 0 Å². The normalized spacial score (nSPS) is 11.8. The summed E-state index contributed by atoms with van der Waals surface area (Å²) in [5, 5.41) is 10.6. The number of aromatic nitrogens is 3. The van der Waals surface area contributed by atoms with Crippen LogP contribution in [0.2, 0.25) is 0 Å². The third kappa shape index (κ3) is 8.26. The largest absolute Gasteiger partial charge is 0.497 e. The van der Waals surface area contributed by atoms with Crippen LogP contribution in [0.15, 0.2) is 66.7 Å². The number of benzene rings is 3. The number of para-hydroxylation sites is 1. The molecule has 0 aliphatic rings. The second-order valence-corrected chi connectivity index (χ2v) is 10.2. The molecule has 12 nitrogen and oxygen atoms in total. The lowest BCUT2D eigenvalue weighted by atomic mass is 10.1. The highest BCUT2D eigenvalue weighted by atomic mass is 16.8. The van der Waals surface area contributed by atoms with Gasteiger partial charge in [0.15, 0.2) is 0 Å². The van der Waals surface area contributed by atoms with Crippen LogP contribution in [0.4, 0.5) is 4.79 Å². The molecule has 0 radical (unpaired) electrons. The second-order valence-electron chi connectivity index (χ2n) is 10.2. The third-order valence-corrected chi connectivity index (χ3v) is 5.92. The third-order valence-electron chi connectivity index (χ3n) is 5.92. The van der Waals surface area contributed by atoms with E-state index in [0.29, 0.717) is 28.3 Å². The molecule has 42 heavy (non-hydrogen) atoms. The maximum atomic E-state index is 13.1. The highest BCUT2D eigenvalue weighted by Gasteiger charge is 2.26. The lowest BCUT2D eigenvalue weighted by molar-refractivity contribution is -0.147. The van der Waals surface area contributed by atoms with Gasteiger partial charge in [-0.1, -0.05) is 29.1 Å². The van der Waals surface area contributed by atoms with Gasteiger partial charge < -0.3 is 33.8 Å². The van der Waals surface area contributed by atoms with Crippen molar-refractivity contribution in [3.05, 3.63) is 77.9 Å². The van der Waals surface area contributed by atoms with Gasteiger partial charge in [0.05, 0.1) is 14.2 Å². The molecule has 4 rings (SSSR count). The number of alkyl carbamates (subject to hydrolysis) is 1. The van der Waals surface area contributed by atoms with Crippen molar-refractivity contribution >= 4 is 23.1 Å². The fourth-order valence-electron chi connectivity index (χ4n) is 3.91. The summed E-state index contributed by atoms with van der Waals surface area (Å²) in [5.41, 5.74) is 2.08. The van der Waals surface area contributed by atoms with Crippen molar-refractivity contribution in [2.24, 2.45) is 0 Å². The van der Waals surface area contributed by atoms with Crippen molar-refractivity contribution < 1.29 is 38.1 Å². The number of hydrogen-bond donors (Lipinski definition) is 1. The van der Waals surface area contributed by atoms with Crippen molar-refractivity contribution in [2.75, 3.05) is 21.0 Å². The molecule has 0 saturated heterocycles. The first-order valence-corrected chi connectivity index (χ1v) is 13.2. The lowest BCUT2D eigenvalue weighted by Crippen LogP contribution is -2.45. The van der Waals surface area contributed by atoms with Crippen LogP contribution in [-0.2, 0) is 27.3 Å². The molecule has 1 atom stereocenters. The lowest BCUT2D eigenvalue weighted by Gasteiger charge is -2.23. The molecule has 1 aromatic heterocycles. The van der Waals surface area contributed by atoms with E-state index in [0.717, 1.165) is 11.1 Å². The fraction of sp³-hybridized carbons (Fsp3) is 0.333. The Morgan fingerprint density at radius 1 is 0.952 bits per heavy atom. The van der Waals surface area contributed by atoms with Crippen molar-refractivity contribution in [3.8, 4) is 17.2 Å². The second kappa shape index (κ2) is 13.6. The molecule has 1 heterocycles. The Hall–Kier alpha value is -5.00. The van der Waals surface area contributed by atoms with Gasteiger partial charge in [-0.15, -0.1) is 5.10 Å². The summed E-state index contributed by atoms with van der Waals surface area (Å²) in [6.07, 6.45) is -0.580. The minimum absolute atomic E-state index is 0.0632. The van der Waals surface area contributed by atoms with Crippen LogP contribution < -0.4 is 24.4 Å². The summed E-state index contributed by atoms with van der Waals surface area (Å²) in [5.74, 6) is 1.02. The van der Waals surface area contributed by atoms with Gasteiger partial charge in [0, 0.05) is 18.1 Å². The Morgan fingerprint density at radius 2 is 1.69 bits per heavy atom. The van der Waals surface area contributed by atoms with E-state index in [1.165, 1.54) is 12.0 Å². The minimum Gasteiger partial charge on any atom is -0.497 e. The summed E-state index contributed by atoms with van der Waals surface area (Å²) in [4.78, 5) is 32.5. The van der Waals surface area contributed by atoms with Crippen LogP contribution in [0.1, 0.15) is 31.9 Å². The Balaban J connectivity index is 1.38. The Kier molecular flexibility index (Phi) is 9.69. The molecule has 1 amide bonds. The number of hydrogen-bond acceptors (Lipinski definition) is 10. The average Bonchev–Trinajstić information content (AvgIpc) is 3.38. The Morgan fingerprint density at radius 3 is 2.40 bits per heavy atom. The van der Waals surface area contributed by atoms with Gasteiger partial charge in [0.25, 0.3) is 6.79 Å². The highest BCUT2D eigenvalue weighted by molar-refractivity contribution is 5.82. The first-order chi connectivity index (χ1) is 20.1. The molecule has 0 aliphatic carbocycles. The molecular formula is C30H34N4O8. The maximum Gasteiger partial charge on any atom is 0.408 e. The molecule has 3 aromatic carbocycles. The summed E-state index contributed by atoms with van der Waals surface area (Å²) in [7, 11) is 3.07. The molecule has 0 spiro atoms. The minimum atomic E-state index is -1.01. The van der Waals surface area contributed by atoms with E-state index in [-0.39, 0.29) is 19.8 Å². The first kappa shape index (κ1) is 30.0. The maximum absolute atomic E-state index is 13.1. The topological polar surface area (TPSA) is 132 Å². The van der Waals surface area contributed by atoms with Crippen LogP contribution in [-0.4, -0.2) is 59.9 Å². The Bertz CT molecular complexity index is 1500.